The predicted octanol–water partition coefficient (Wildman–Crippen LogP) is 3.41. The van der Waals surface area contributed by atoms with Gasteiger partial charge in [0.2, 0.25) is 17.7 Å². The Labute approximate surface area is 407 Å². The Kier molecular flexibility index (Phi) is 15.1. The summed E-state index contributed by atoms with van der Waals surface area (Å²) in [5, 5.41) is 49.6. The van der Waals surface area contributed by atoms with Crippen molar-refractivity contribution in [3.8, 4) is 29.4 Å². The third-order valence-electron chi connectivity index (χ3n) is 16.4. The lowest BCUT2D eigenvalue weighted by Crippen LogP contribution is -2.61. The molecule has 0 radical (unpaired) electrons. The highest BCUT2D eigenvalue weighted by atomic mass is 16.3. The Bertz CT molecular complexity index is 2320. The summed E-state index contributed by atoms with van der Waals surface area (Å²) in [4.78, 5) is 54.0. The number of aliphatic hydroxyl groups excluding tert-OH is 2. The molecule has 6 N–H and O–H groups in total. The molecule has 0 unspecified atom stereocenters. The summed E-state index contributed by atoms with van der Waals surface area (Å²) in [6, 6.07) is 16.8. The zero-order valence-corrected chi connectivity index (χ0v) is 40.4. The van der Waals surface area contributed by atoms with Crippen molar-refractivity contribution in [3.63, 3.8) is 0 Å². The number of hydrogen-bond donors (Lipinski definition) is 6. The van der Waals surface area contributed by atoms with E-state index in [1.165, 1.54) is 17.7 Å². The van der Waals surface area contributed by atoms with Gasteiger partial charge in [0.1, 0.15) is 17.8 Å². The van der Waals surface area contributed by atoms with Gasteiger partial charge in [0.15, 0.2) is 5.82 Å². The van der Waals surface area contributed by atoms with E-state index < -0.39 is 29.5 Å². The number of hydrogen-bond acceptors (Lipinski definition) is 13. The minimum absolute atomic E-state index is 0.00969. The molecule has 3 aromatic rings. The quantitative estimate of drug-likeness (QED) is 0.137. The molecular formula is C53H72N10O6. The fourth-order valence-electron chi connectivity index (χ4n) is 12.2. The number of terminal acetylenes is 1. The van der Waals surface area contributed by atoms with E-state index in [9.17, 15) is 29.7 Å². The first-order valence-electron chi connectivity index (χ1n) is 25.5. The summed E-state index contributed by atoms with van der Waals surface area (Å²) in [5.41, 5.74) is 3.23. The highest BCUT2D eigenvalue weighted by molar-refractivity contribution is 5.93. The van der Waals surface area contributed by atoms with Gasteiger partial charge in [-0.1, -0.05) is 44.0 Å². The molecule has 16 nitrogen and oxygen atoms in total. The average molecular weight is 945 g/mol. The number of carbonyl (C=O) groups excluding carboxylic acids is 3. The second-order valence-electron chi connectivity index (χ2n) is 21.1. The van der Waals surface area contributed by atoms with Crippen molar-refractivity contribution in [1.82, 2.24) is 40.4 Å². The summed E-state index contributed by atoms with van der Waals surface area (Å²) in [7, 11) is 0. The molecule has 4 atom stereocenters. The van der Waals surface area contributed by atoms with Crippen molar-refractivity contribution in [2.24, 2.45) is 11.3 Å². The Balaban J connectivity index is 0.719. The molecular weight excluding hydrogens is 873 g/mol. The summed E-state index contributed by atoms with van der Waals surface area (Å²) in [6.07, 6.45) is 13.0. The van der Waals surface area contributed by atoms with E-state index in [1.54, 1.807) is 18.2 Å². The number of phenols is 1. The molecule has 5 fully saturated rings. The number of amides is 3. The second-order valence-corrected chi connectivity index (χ2v) is 21.1. The van der Waals surface area contributed by atoms with Gasteiger partial charge in [-0.3, -0.25) is 19.3 Å². The minimum Gasteiger partial charge on any atom is -0.507 e. The van der Waals surface area contributed by atoms with Crippen LogP contribution in [-0.2, 0) is 20.9 Å². The largest absolute Gasteiger partial charge is 0.507 e. The number of anilines is 2. The number of para-hydroxylation sites is 1. The fourth-order valence-corrected chi connectivity index (χ4v) is 12.2. The minimum atomic E-state index is -0.976. The molecule has 9 rings (SSSR count). The molecule has 2 aromatic carbocycles. The van der Waals surface area contributed by atoms with E-state index in [2.05, 4.69) is 57.7 Å². The predicted molar refractivity (Wildman–Crippen MR) is 265 cm³/mol. The third-order valence-corrected chi connectivity index (χ3v) is 16.4. The molecule has 6 aliphatic rings. The number of nitrogens with zero attached hydrogens (tertiary/aromatic N) is 7. The van der Waals surface area contributed by atoms with Gasteiger partial charge in [0.25, 0.3) is 0 Å². The Morgan fingerprint density at radius 2 is 1.49 bits per heavy atom. The summed E-state index contributed by atoms with van der Waals surface area (Å²) in [5.74, 6) is 2.43. The van der Waals surface area contributed by atoms with Crippen LogP contribution in [0.4, 0.5) is 11.5 Å². The van der Waals surface area contributed by atoms with Gasteiger partial charge < -0.3 is 50.9 Å². The summed E-state index contributed by atoms with van der Waals surface area (Å²) < 4.78 is 0. The molecule has 1 saturated carbocycles. The molecule has 3 amide bonds. The number of nitrogens with one attached hydrogen (secondary N) is 3. The SMILES string of the molecule is C#Cc1ccc(CNC(=O)[C@@H]2C[C@@H](O)CN2C(=O)[C@@H](NC(=O)[C@H]2CC[C@H](N3CCC(N4CCC(N5CCN6c7cc(-c8ccccc8O)nnc7NC[C@H]6C5)CC4)CC3)CC2)C(C)(C)CCO)cc1. The average Bonchev–Trinajstić information content (AvgIpc) is 3.78. The number of fused-ring (bicyclic) bond motifs is 3. The number of aromatic nitrogens is 2. The zero-order valence-electron chi connectivity index (χ0n) is 40.4. The number of likely N-dealkylation sites (tertiary alicyclic amines) is 3. The Hall–Kier alpha value is -5.31. The monoisotopic (exact) mass is 945 g/mol. The number of aliphatic hydroxyl groups is 2. The summed E-state index contributed by atoms with van der Waals surface area (Å²) >= 11 is 0. The molecule has 6 heterocycles. The van der Waals surface area contributed by atoms with Crippen LogP contribution in [-0.4, -0.2) is 171 Å². The van der Waals surface area contributed by atoms with Crippen LogP contribution in [0.15, 0.2) is 54.6 Å². The first-order chi connectivity index (χ1) is 33.4. The highest BCUT2D eigenvalue weighted by Crippen LogP contribution is 2.38. The van der Waals surface area contributed by atoms with E-state index >= 15 is 0 Å². The molecule has 0 spiro atoms. The van der Waals surface area contributed by atoms with Crippen LogP contribution in [0, 0.1) is 23.7 Å². The van der Waals surface area contributed by atoms with Crippen LogP contribution in [0.2, 0.25) is 0 Å². The smallest absolute Gasteiger partial charge is 0.246 e. The van der Waals surface area contributed by atoms with Crippen LogP contribution >= 0.6 is 0 Å². The van der Waals surface area contributed by atoms with E-state index in [0.717, 1.165) is 114 Å². The lowest BCUT2D eigenvalue weighted by molar-refractivity contribution is -0.145. The molecule has 370 valence electrons. The van der Waals surface area contributed by atoms with Crippen molar-refractivity contribution < 1.29 is 29.7 Å². The normalized spacial score (nSPS) is 25.8. The van der Waals surface area contributed by atoms with Crippen molar-refractivity contribution in [3.05, 3.63) is 65.7 Å². The highest BCUT2D eigenvalue weighted by Gasteiger charge is 2.47. The van der Waals surface area contributed by atoms with Crippen LogP contribution in [0.3, 0.4) is 0 Å². The van der Waals surface area contributed by atoms with Crippen LogP contribution in [0.25, 0.3) is 11.3 Å². The van der Waals surface area contributed by atoms with E-state index in [0.29, 0.717) is 35.4 Å². The number of benzene rings is 2. The van der Waals surface area contributed by atoms with E-state index in [1.807, 2.05) is 44.2 Å². The van der Waals surface area contributed by atoms with Gasteiger partial charge in [-0.2, -0.15) is 0 Å². The lowest BCUT2D eigenvalue weighted by Gasteiger charge is -2.50. The van der Waals surface area contributed by atoms with Crippen molar-refractivity contribution in [1.29, 1.82) is 0 Å². The lowest BCUT2D eigenvalue weighted by atomic mass is 9.79. The number of aromatic hydroxyl groups is 1. The molecule has 69 heavy (non-hydrogen) atoms. The van der Waals surface area contributed by atoms with Crippen LogP contribution in [0.1, 0.15) is 89.2 Å². The van der Waals surface area contributed by atoms with Crippen molar-refractivity contribution >= 4 is 29.2 Å². The third kappa shape index (κ3) is 10.9. The molecule has 16 heteroatoms. The number of carbonyl (C=O) groups is 3. The van der Waals surface area contributed by atoms with Crippen LogP contribution in [0.5, 0.6) is 5.75 Å². The van der Waals surface area contributed by atoms with E-state index in [-0.39, 0.29) is 56.0 Å². The van der Waals surface area contributed by atoms with E-state index in [4.69, 9.17) is 6.42 Å². The number of rotatable bonds is 13. The van der Waals surface area contributed by atoms with Gasteiger partial charge in [-0.15, -0.1) is 16.6 Å². The molecule has 1 aromatic heterocycles. The fraction of sp³-hybridized carbons (Fsp3) is 0.604. The van der Waals surface area contributed by atoms with Gasteiger partial charge in [0.05, 0.1) is 23.5 Å². The Morgan fingerprint density at radius 3 is 2.16 bits per heavy atom. The maximum atomic E-state index is 14.4. The van der Waals surface area contributed by atoms with Gasteiger partial charge in [-0.25, -0.2) is 0 Å². The Morgan fingerprint density at radius 1 is 0.826 bits per heavy atom. The molecule has 4 saturated heterocycles. The molecule has 5 aliphatic heterocycles. The van der Waals surface area contributed by atoms with Crippen molar-refractivity contribution in [2.45, 2.75) is 127 Å². The first-order valence-corrected chi connectivity index (χ1v) is 25.5. The van der Waals surface area contributed by atoms with Crippen LogP contribution < -0.4 is 20.9 Å². The molecule has 1 aliphatic carbocycles. The molecule has 0 bridgehead atoms. The number of piperidine rings is 2. The maximum absolute atomic E-state index is 14.4. The topological polar surface area (TPSA) is 190 Å². The standard InChI is InChI=1S/C53H72N10O6/c1-4-35-9-11-36(12-10-35)31-55-51(68)46-29-42(65)34-63(46)52(69)48(53(2,3)21-28-64)56-50(67)37-13-15-38(16-14-37)59-22-17-39(18-23-59)60-24-19-40(20-25-60)61-26-27-62-41(33-61)32-54-49-45(62)30-44(57-58-49)43-7-5-6-8-47(43)66/h1,5-12,30,37-42,46,48,64-66H,13-29,31-34H2,2-3H3,(H,54,58)(H,55,68)(H,56,67)/t37-,38-,41-,42+,46-,48+/m0/s1. The second kappa shape index (κ2) is 21.4. The first kappa shape index (κ1) is 48.7. The van der Waals surface area contributed by atoms with Gasteiger partial charge in [0, 0.05) is 87.5 Å². The number of β-amino-alcohol motifs (C(OH)–C–C–N with tert-alkyl or cyclic N) is 1. The number of piperazine rings is 1. The number of phenolic OH excluding ortho intramolecular Hbond substituents is 1. The zero-order chi connectivity index (χ0) is 48.2. The summed E-state index contributed by atoms with van der Waals surface area (Å²) in [6.45, 7) is 12.0. The van der Waals surface area contributed by atoms with Crippen molar-refractivity contribution in [2.75, 3.05) is 75.7 Å². The van der Waals surface area contributed by atoms with Gasteiger partial charge in [-0.05, 0) is 125 Å². The van der Waals surface area contributed by atoms with Gasteiger partial charge >= 0.3 is 0 Å². The maximum Gasteiger partial charge on any atom is 0.246 e.